The molecule has 0 aromatic carbocycles. The van der Waals surface area contributed by atoms with Gasteiger partial charge in [0.1, 0.15) is 23.1 Å². The molecular formula is C61H120N4O13. The van der Waals surface area contributed by atoms with Gasteiger partial charge in [-0.3, -0.25) is 52.7 Å². The quantitative estimate of drug-likeness (QED) is 0.0427. The van der Waals surface area contributed by atoms with E-state index in [0.29, 0.717) is 94.9 Å². The van der Waals surface area contributed by atoms with E-state index in [0.717, 1.165) is 25.7 Å². The maximum Gasteiger partial charge on any atom is 0.222 e. The Labute approximate surface area is 476 Å². The topological polar surface area (TPSA) is 254 Å². The summed E-state index contributed by atoms with van der Waals surface area (Å²) >= 11 is 0. The molecule has 4 amide bonds. The molecule has 0 saturated heterocycles. The highest BCUT2D eigenvalue weighted by molar-refractivity contribution is 5.89. The summed E-state index contributed by atoms with van der Waals surface area (Å²) in [6.45, 7) is 38.3. The number of hydrogen-bond acceptors (Lipinski definition) is 13. The molecule has 0 saturated carbocycles. The van der Waals surface area contributed by atoms with Crippen molar-refractivity contribution in [3.05, 3.63) is 0 Å². The first-order valence-corrected chi connectivity index (χ1v) is 27.6. The molecule has 0 aliphatic carbocycles. The number of Topliss-reactive ketones (excluding diaryl/α,β-unsaturated/α-hetero) is 7. The van der Waals surface area contributed by atoms with Crippen LogP contribution in [-0.2, 0) is 62.2 Å². The number of nitrogens with one attached hydrogen (secondary N) is 4. The number of carbonyl (C=O) groups excluding carboxylic acids is 11. The molecule has 0 atom stereocenters. The third-order valence-corrected chi connectivity index (χ3v) is 10.7. The molecule has 78 heavy (non-hydrogen) atoms. The van der Waals surface area contributed by atoms with Crippen LogP contribution in [0.2, 0.25) is 0 Å². The van der Waals surface area contributed by atoms with Crippen LogP contribution in [0.5, 0.6) is 0 Å². The van der Waals surface area contributed by atoms with E-state index in [2.05, 4.69) is 49.0 Å². The number of hydrogen-bond donors (Lipinski definition) is 4. The predicted molar refractivity (Wildman–Crippen MR) is 319 cm³/mol. The molecule has 0 rings (SSSR count). The Hall–Kier alpha value is -4.51. The number of ketones is 7. The normalized spacial score (nSPS) is 10.3. The van der Waals surface area contributed by atoms with E-state index < -0.39 is 0 Å². The molecule has 0 bridgehead atoms. The lowest BCUT2D eigenvalue weighted by Crippen LogP contribution is -2.35. The van der Waals surface area contributed by atoms with Crippen molar-refractivity contribution < 1.29 is 62.2 Å². The second-order valence-corrected chi connectivity index (χ2v) is 21.8. The minimum atomic E-state index is -0.219. The first-order valence-electron chi connectivity index (χ1n) is 27.6. The fraction of sp³-hybridized carbons (Fsp3) is 0.820. The van der Waals surface area contributed by atoms with Crippen molar-refractivity contribution in [2.24, 2.45) is 53.3 Å². The van der Waals surface area contributed by atoms with Gasteiger partial charge in [0.05, 0.1) is 32.8 Å². The fourth-order valence-corrected chi connectivity index (χ4v) is 4.96. The van der Waals surface area contributed by atoms with E-state index in [4.69, 9.17) is 9.47 Å². The highest BCUT2D eigenvalue weighted by atomic mass is 16.5. The Balaban J connectivity index is -0.000000132. The smallest absolute Gasteiger partial charge is 0.222 e. The van der Waals surface area contributed by atoms with Gasteiger partial charge in [-0.2, -0.15) is 0 Å². The van der Waals surface area contributed by atoms with Gasteiger partial charge in [-0.15, -0.1) is 0 Å². The maximum atomic E-state index is 11.5. The second kappa shape index (κ2) is 57.2. The van der Waals surface area contributed by atoms with Gasteiger partial charge in [0.25, 0.3) is 0 Å². The molecule has 0 heterocycles. The summed E-state index contributed by atoms with van der Waals surface area (Å²) in [6, 6.07) is 0. The second-order valence-electron chi connectivity index (χ2n) is 21.8. The summed E-state index contributed by atoms with van der Waals surface area (Å²) in [5.41, 5.74) is 0. The van der Waals surface area contributed by atoms with Gasteiger partial charge in [0.15, 0.2) is 17.3 Å². The molecule has 4 N–H and O–H groups in total. The van der Waals surface area contributed by atoms with Crippen molar-refractivity contribution in [2.75, 3.05) is 52.6 Å². The van der Waals surface area contributed by atoms with Crippen molar-refractivity contribution in [2.45, 2.75) is 224 Å². The zero-order valence-electron chi connectivity index (χ0n) is 50.4. The van der Waals surface area contributed by atoms with Crippen LogP contribution in [-0.4, -0.2) is 117 Å². The van der Waals surface area contributed by atoms with Crippen molar-refractivity contribution in [1.29, 1.82) is 0 Å². The lowest BCUT2D eigenvalue weighted by molar-refractivity contribution is -0.128. The molecule has 0 aromatic rings. The zero-order valence-corrected chi connectivity index (χ0v) is 50.4. The molecule has 0 aromatic heterocycles. The summed E-state index contributed by atoms with van der Waals surface area (Å²) in [4.78, 5) is 123. The van der Waals surface area contributed by atoms with E-state index in [9.17, 15) is 52.7 Å². The van der Waals surface area contributed by atoms with Crippen LogP contribution in [0.1, 0.15) is 224 Å². The summed E-state index contributed by atoms with van der Waals surface area (Å²) in [7, 11) is 0. The van der Waals surface area contributed by atoms with Gasteiger partial charge in [0.2, 0.25) is 23.6 Å². The highest BCUT2D eigenvalue weighted by Crippen LogP contribution is 2.09. The van der Waals surface area contributed by atoms with Crippen LogP contribution < -0.4 is 21.3 Å². The van der Waals surface area contributed by atoms with Crippen molar-refractivity contribution in [3.8, 4) is 0 Å². The molecule has 17 nitrogen and oxygen atoms in total. The van der Waals surface area contributed by atoms with Crippen LogP contribution in [0, 0.1) is 53.3 Å². The third-order valence-electron chi connectivity index (χ3n) is 10.7. The fourth-order valence-electron chi connectivity index (χ4n) is 4.96. The molecule has 462 valence electrons. The van der Waals surface area contributed by atoms with Gasteiger partial charge in [-0.1, -0.05) is 147 Å². The molecular weight excluding hydrogens is 997 g/mol. The van der Waals surface area contributed by atoms with Crippen LogP contribution in [0.4, 0.5) is 0 Å². The summed E-state index contributed by atoms with van der Waals surface area (Å²) in [5, 5.41) is 10.3. The molecule has 0 aliphatic rings. The molecule has 0 radical (unpaired) electrons. The Kier molecular flexibility index (Phi) is 66.0. The van der Waals surface area contributed by atoms with Gasteiger partial charge in [-0.25, -0.2) is 0 Å². The standard InChI is InChI=1S/C15H28O3.C13H23NO4.C12H22N2O3.C9H17NO2.C9H18O.3CH4/c1-12(2)7-8-14(16)6-5-10-18-11-9-15(17)13(3)4;1-10(2)13(17)14-9-12(16)5-4-7-18-8-6-11(3)15;1-8(2)10(15)7-14-11(16)5-6-13-12(17)9(3)4;1-6(2)8(11)5-10-9(12)7(3)4;1-7(2)5-6-9(10)8(3)4;;;/h12-13H,5-11H2,1-4H3;10H,4-9H2,1-3H3,(H,14,17);8-9H,5-7H2,1-4H3,(H,13,17)(H,14,16);6-7H,5H2,1-4H3,(H,10,12);7-8H,5-6H2,1-4H3;3*1H4. The Morgan fingerprint density at radius 2 is 0.679 bits per heavy atom. The summed E-state index contributed by atoms with van der Waals surface area (Å²) in [5.74, 6) is 1.91. The zero-order chi connectivity index (χ0) is 59.2. The average Bonchev–Trinajstić information content (AvgIpc) is 3.32. The van der Waals surface area contributed by atoms with Crippen molar-refractivity contribution >= 4 is 64.1 Å². The molecule has 0 unspecified atom stereocenters. The van der Waals surface area contributed by atoms with E-state index >= 15 is 0 Å². The monoisotopic (exact) mass is 1120 g/mol. The number of ether oxygens (including phenoxy) is 2. The Morgan fingerprint density at radius 1 is 0.333 bits per heavy atom. The van der Waals surface area contributed by atoms with Gasteiger partial charge >= 0.3 is 0 Å². The van der Waals surface area contributed by atoms with E-state index in [1.165, 1.54) is 6.92 Å². The summed E-state index contributed by atoms with van der Waals surface area (Å²) in [6.07, 6.45) is 6.93. The first kappa shape index (κ1) is 90.0. The highest BCUT2D eigenvalue weighted by Gasteiger charge is 2.14. The van der Waals surface area contributed by atoms with Gasteiger partial charge < -0.3 is 30.7 Å². The molecule has 0 aliphatic heterocycles. The SMILES string of the molecule is C.C.C.CC(=O)CCOCCCC(=O)CNC(=O)C(C)C.CC(C)C(=O)CNC(=O)C(C)C.CC(C)C(=O)CNC(=O)CCNC(=O)C(C)C.CC(C)CCC(=O)C(C)C.CC(C)CCC(=O)CCCOCCC(=O)C(C)C. The van der Waals surface area contributed by atoms with Crippen molar-refractivity contribution in [1.82, 2.24) is 21.3 Å². The number of rotatable bonds is 36. The van der Waals surface area contributed by atoms with Gasteiger partial charge in [0, 0.05) is 106 Å². The van der Waals surface area contributed by atoms with Crippen LogP contribution in [0.15, 0.2) is 0 Å². The van der Waals surface area contributed by atoms with Crippen LogP contribution >= 0.6 is 0 Å². The largest absolute Gasteiger partial charge is 0.381 e. The number of amides is 4. The van der Waals surface area contributed by atoms with Crippen LogP contribution in [0.3, 0.4) is 0 Å². The minimum Gasteiger partial charge on any atom is -0.381 e. The Bertz CT molecular complexity index is 1610. The molecule has 0 fully saturated rings. The van der Waals surface area contributed by atoms with E-state index in [1.807, 2.05) is 41.5 Å². The average molecular weight is 1120 g/mol. The van der Waals surface area contributed by atoms with E-state index in [1.54, 1.807) is 55.4 Å². The predicted octanol–water partition coefficient (Wildman–Crippen LogP) is 10.5. The minimum absolute atomic E-state index is 0. The van der Waals surface area contributed by atoms with Gasteiger partial charge in [-0.05, 0) is 44.4 Å². The van der Waals surface area contributed by atoms with Crippen molar-refractivity contribution in [3.63, 3.8) is 0 Å². The maximum absolute atomic E-state index is 11.5. The molecule has 17 heteroatoms. The van der Waals surface area contributed by atoms with E-state index in [-0.39, 0.29) is 142 Å². The lowest BCUT2D eigenvalue weighted by atomic mass is 10.00. The first-order chi connectivity index (χ1) is 34.7. The lowest BCUT2D eigenvalue weighted by Gasteiger charge is -2.08. The third kappa shape index (κ3) is 67.6. The van der Waals surface area contributed by atoms with Crippen LogP contribution in [0.25, 0.3) is 0 Å². The summed E-state index contributed by atoms with van der Waals surface area (Å²) < 4.78 is 10.6. The number of carbonyl (C=O) groups is 11. The molecule has 0 spiro atoms. The Morgan fingerprint density at radius 3 is 1.06 bits per heavy atom.